The van der Waals surface area contributed by atoms with E-state index in [0.717, 1.165) is 23.1 Å². The van der Waals surface area contributed by atoms with Crippen LogP contribution < -0.4 is 5.43 Å². The van der Waals surface area contributed by atoms with E-state index in [1.165, 1.54) is 0 Å². The molecule has 1 aliphatic rings. The molecule has 0 saturated carbocycles. The number of morpholine rings is 1. The average Bonchev–Trinajstić information content (AvgIpc) is 2.33. The zero-order valence-electron chi connectivity index (χ0n) is 9.70. The van der Waals surface area contributed by atoms with Crippen LogP contribution in [0.3, 0.4) is 0 Å². The lowest BCUT2D eigenvalue weighted by Gasteiger charge is -2.27. The van der Waals surface area contributed by atoms with Gasteiger partial charge in [0, 0.05) is 23.1 Å². The van der Waals surface area contributed by atoms with Gasteiger partial charge in [0.2, 0.25) is 0 Å². The van der Waals surface area contributed by atoms with Crippen molar-refractivity contribution in [2.45, 2.75) is 6.92 Å². The number of benzene rings is 1. The highest BCUT2D eigenvalue weighted by Gasteiger charge is 2.15. The first kappa shape index (κ1) is 12.5. The van der Waals surface area contributed by atoms with Gasteiger partial charge >= 0.3 is 0 Å². The molecule has 0 bridgehead atoms. The maximum Gasteiger partial charge on any atom is 0.265 e. The lowest BCUT2D eigenvalue weighted by molar-refractivity contribution is 0.0126. The van der Waals surface area contributed by atoms with Gasteiger partial charge in [0.1, 0.15) is 0 Å². The number of nitrogens with one attached hydrogen (secondary N) is 1. The quantitative estimate of drug-likeness (QED) is 0.904. The van der Waals surface area contributed by atoms with E-state index in [2.05, 4.69) is 21.4 Å². The van der Waals surface area contributed by atoms with Gasteiger partial charge in [-0.25, -0.2) is 5.01 Å². The highest BCUT2D eigenvalue weighted by molar-refractivity contribution is 9.10. The molecular formula is C12H15BrN2O2. The summed E-state index contributed by atoms with van der Waals surface area (Å²) < 4.78 is 6.14. The van der Waals surface area contributed by atoms with Crippen LogP contribution in [0.5, 0.6) is 0 Å². The van der Waals surface area contributed by atoms with Crippen molar-refractivity contribution in [1.82, 2.24) is 10.4 Å². The fourth-order valence-electron chi connectivity index (χ4n) is 1.72. The zero-order chi connectivity index (χ0) is 12.3. The first-order chi connectivity index (χ1) is 8.16. The minimum atomic E-state index is -0.0642. The minimum absolute atomic E-state index is 0.0642. The van der Waals surface area contributed by atoms with Crippen LogP contribution in [-0.2, 0) is 4.74 Å². The van der Waals surface area contributed by atoms with Gasteiger partial charge in [-0.3, -0.25) is 10.2 Å². The lowest BCUT2D eigenvalue weighted by atomic mass is 10.1. The fourth-order valence-corrected chi connectivity index (χ4v) is 2.08. The van der Waals surface area contributed by atoms with Gasteiger partial charge in [-0.2, -0.15) is 0 Å². The van der Waals surface area contributed by atoms with Crippen LogP contribution in [0.15, 0.2) is 22.7 Å². The van der Waals surface area contributed by atoms with Crippen molar-refractivity contribution in [1.29, 1.82) is 0 Å². The first-order valence-corrected chi connectivity index (χ1v) is 6.36. The van der Waals surface area contributed by atoms with Gasteiger partial charge in [-0.1, -0.05) is 22.0 Å². The van der Waals surface area contributed by atoms with Crippen molar-refractivity contribution >= 4 is 21.8 Å². The largest absolute Gasteiger partial charge is 0.379 e. The van der Waals surface area contributed by atoms with Crippen molar-refractivity contribution in [3.63, 3.8) is 0 Å². The number of hydrogen-bond acceptors (Lipinski definition) is 3. The van der Waals surface area contributed by atoms with Crippen molar-refractivity contribution in [2.24, 2.45) is 0 Å². The molecule has 1 aromatic rings. The summed E-state index contributed by atoms with van der Waals surface area (Å²) in [6.07, 6.45) is 0. The molecule has 0 atom stereocenters. The minimum Gasteiger partial charge on any atom is -0.379 e. The predicted octanol–water partition coefficient (Wildman–Crippen LogP) is 1.73. The number of carbonyl (C=O) groups is 1. The molecule has 17 heavy (non-hydrogen) atoms. The summed E-state index contributed by atoms with van der Waals surface area (Å²) in [7, 11) is 0. The molecule has 0 aromatic heterocycles. The number of ether oxygens (including phenoxy) is 1. The molecule has 0 radical (unpaired) electrons. The molecule has 0 aliphatic carbocycles. The Bertz CT molecular complexity index is 417. The van der Waals surface area contributed by atoms with E-state index in [0.29, 0.717) is 18.8 Å². The van der Waals surface area contributed by atoms with E-state index in [4.69, 9.17) is 4.74 Å². The van der Waals surface area contributed by atoms with Gasteiger partial charge in [0.15, 0.2) is 0 Å². The average molecular weight is 299 g/mol. The topological polar surface area (TPSA) is 41.6 Å². The monoisotopic (exact) mass is 298 g/mol. The number of rotatable bonds is 2. The number of hydrogen-bond donors (Lipinski definition) is 1. The van der Waals surface area contributed by atoms with Crippen LogP contribution in [0, 0.1) is 6.92 Å². The Kier molecular flexibility index (Phi) is 4.15. The van der Waals surface area contributed by atoms with Crippen LogP contribution >= 0.6 is 15.9 Å². The van der Waals surface area contributed by atoms with Gasteiger partial charge in [0.25, 0.3) is 5.91 Å². The van der Waals surface area contributed by atoms with Crippen LogP contribution in [-0.4, -0.2) is 37.2 Å². The molecule has 4 nitrogen and oxygen atoms in total. The highest BCUT2D eigenvalue weighted by atomic mass is 79.9. The summed E-state index contributed by atoms with van der Waals surface area (Å²) in [6, 6.07) is 5.70. The normalized spacial score (nSPS) is 16.8. The summed E-state index contributed by atoms with van der Waals surface area (Å²) in [5.74, 6) is -0.0642. The Balaban J connectivity index is 2.05. The van der Waals surface area contributed by atoms with E-state index >= 15 is 0 Å². The fraction of sp³-hybridized carbons (Fsp3) is 0.417. The van der Waals surface area contributed by atoms with Crippen LogP contribution in [0.1, 0.15) is 15.9 Å². The second-order valence-corrected chi connectivity index (χ2v) is 4.92. The third kappa shape index (κ3) is 3.28. The molecule has 1 saturated heterocycles. The maximum atomic E-state index is 12.1. The number of carbonyl (C=O) groups excluding carboxylic acids is 1. The van der Waals surface area contributed by atoms with Crippen molar-refractivity contribution < 1.29 is 9.53 Å². The van der Waals surface area contributed by atoms with Gasteiger partial charge in [0.05, 0.1) is 13.2 Å². The number of aryl methyl sites for hydroxylation is 1. The second kappa shape index (κ2) is 5.62. The smallest absolute Gasteiger partial charge is 0.265 e. The van der Waals surface area contributed by atoms with Crippen molar-refractivity contribution in [2.75, 3.05) is 26.3 Å². The molecule has 0 unspecified atom stereocenters. The summed E-state index contributed by atoms with van der Waals surface area (Å²) in [5, 5.41) is 1.90. The van der Waals surface area contributed by atoms with Gasteiger partial charge in [-0.05, 0) is 24.6 Å². The Morgan fingerprint density at radius 3 is 2.82 bits per heavy atom. The standard InChI is InChI=1S/C12H15BrN2O2/c1-9-2-3-10(13)8-11(9)12(16)14-15-4-6-17-7-5-15/h2-3,8H,4-7H2,1H3,(H,14,16). The van der Waals surface area contributed by atoms with Gasteiger partial charge < -0.3 is 4.74 Å². The Hall–Kier alpha value is -0.910. The molecule has 1 aliphatic heterocycles. The molecular weight excluding hydrogens is 284 g/mol. The predicted molar refractivity (Wildman–Crippen MR) is 68.7 cm³/mol. The van der Waals surface area contributed by atoms with E-state index in [-0.39, 0.29) is 5.91 Å². The molecule has 5 heteroatoms. The Morgan fingerprint density at radius 2 is 2.12 bits per heavy atom. The highest BCUT2D eigenvalue weighted by Crippen LogP contribution is 2.16. The summed E-state index contributed by atoms with van der Waals surface area (Å²) in [6.45, 7) is 4.73. The van der Waals surface area contributed by atoms with E-state index in [1.54, 1.807) is 0 Å². The van der Waals surface area contributed by atoms with Crippen LogP contribution in [0.4, 0.5) is 0 Å². The Labute approximate surface area is 109 Å². The molecule has 92 valence electrons. The molecule has 0 spiro atoms. The van der Waals surface area contributed by atoms with Crippen molar-refractivity contribution in [3.8, 4) is 0 Å². The number of nitrogens with zero attached hydrogens (tertiary/aromatic N) is 1. The number of halogens is 1. The second-order valence-electron chi connectivity index (χ2n) is 4.00. The molecule has 1 heterocycles. The Morgan fingerprint density at radius 1 is 1.41 bits per heavy atom. The third-order valence-electron chi connectivity index (χ3n) is 2.71. The third-order valence-corrected chi connectivity index (χ3v) is 3.21. The summed E-state index contributed by atoms with van der Waals surface area (Å²) in [4.78, 5) is 12.1. The number of hydrazine groups is 1. The van der Waals surface area contributed by atoms with Crippen molar-refractivity contribution in [3.05, 3.63) is 33.8 Å². The number of amides is 1. The molecule has 2 rings (SSSR count). The molecule has 1 fully saturated rings. The summed E-state index contributed by atoms with van der Waals surface area (Å²) >= 11 is 3.38. The van der Waals surface area contributed by atoms with E-state index < -0.39 is 0 Å². The van der Waals surface area contributed by atoms with Crippen LogP contribution in [0.2, 0.25) is 0 Å². The summed E-state index contributed by atoms with van der Waals surface area (Å²) in [5.41, 5.74) is 4.57. The molecule has 1 amide bonds. The lowest BCUT2D eigenvalue weighted by Crippen LogP contribution is -2.48. The zero-order valence-corrected chi connectivity index (χ0v) is 11.3. The maximum absolute atomic E-state index is 12.1. The van der Waals surface area contributed by atoms with Crippen LogP contribution in [0.25, 0.3) is 0 Å². The first-order valence-electron chi connectivity index (χ1n) is 5.56. The van der Waals surface area contributed by atoms with E-state index in [1.807, 2.05) is 30.1 Å². The molecule has 1 N–H and O–H groups in total. The van der Waals surface area contributed by atoms with E-state index in [9.17, 15) is 4.79 Å². The molecule has 1 aromatic carbocycles. The SMILES string of the molecule is Cc1ccc(Br)cc1C(=O)NN1CCOCC1. The van der Waals surface area contributed by atoms with Gasteiger partial charge in [-0.15, -0.1) is 0 Å².